The van der Waals surface area contributed by atoms with Gasteiger partial charge in [0, 0.05) is 13.2 Å². The third-order valence-electron chi connectivity index (χ3n) is 3.44. The van der Waals surface area contributed by atoms with Crippen LogP contribution in [-0.4, -0.2) is 30.7 Å². The van der Waals surface area contributed by atoms with Crippen molar-refractivity contribution in [3.63, 3.8) is 0 Å². The molecule has 1 heterocycles. The molecular weight excluding hydrogens is 228 g/mol. The van der Waals surface area contributed by atoms with E-state index in [0.29, 0.717) is 5.92 Å². The topological polar surface area (TPSA) is 38.7 Å². The molecule has 0 radical (unpaired) electrons. The minimum absolute atomic E-state index is 0.0459. The van der Waals surface area contributed by atoms with E-state index >= 15 is 0 Å². The summed E-state index contributed by atoms with van der Waals surface area (Å²) in [4.78, 5) is 0. The summed E-state index contributed by atoms with van der Waals surface area (Å²) < 4.78 is 11.7. The highest BCUT2D eigenvalue weighted by Crippen LogP contribution is 2.22. The maximum absolute atomic E-state index is 9.07. The molecule has 0 bridgehead atoms. The number of ether oxygens (including phenoxy) is 2. The van der Waals surface area contributed by atoms with Gasteiger partial charge in [0.15, 0.2) is 6.29 Å². The van der Waals surface area contributed by atoms with Gasteiger partial charge in [0.05, 0.1) is 6.10 Å². The molecule has 3 unspecified atom stereocenters. The van der Waals surface area contributed by atoms with E-state index in [4.69, 9.17) is 14.6 Å². The molecule has 1 N–H and O–H groups in total. The van der Waals surface area contributed by atoms with E-state index in [9.17, 15) is 0 Å². The van der Waals surface area contributed by atoms with E-state index in [1.165, 1.54) is 12.0 Å². The van der Waals surface area contributed by atoms with E-state index in [-0.39, 0.29) is 19.0 Å². The lowest BCUT2D eigenvalue weighted by Gasteiger charge is -2.30. The second-order valence-electron chi connectivity index (χ2n) is 5.48. The molecule has 3 atom stereocenters. The minimum Gasteiger partial charge on any atom is -0.396 e. The molecule has 18 heavy (non-hydrogen) atoms. The molecule has 0 aliphatic carbocycles. The molecule has 1 saturated heterocycles. The predicted molar refractivity (Wildman–Crippen MR) is 73.4 cm³/mol. The highest BCUT2D eigenvalue weighted by atomic mass is 16.7. The van der Waals surface area contributed by atoms with Gasteiger partial charge in [0.1, 0.15) is 0 Å². The Labute approximate surface area is 111 Å². The SMILES string of the molecule is CC(C)=CCC(OC1CCCCO1)C(C)CCO. The van der Waals surface area contributed by atoms with E-state index in [1.807, 2.05) is 0 Å². The Morgan fingerprint density at radius 2 is 2.22 bits per heavy atom. The number of rotatable bonds is 7. The molecule has 3 heteroatoms. The van der Waals surface area contributed by atoms with E-state index < -0.39 is 0 Å². The fourth-order valence-electron chi connectivity index (χ4n) is 2.18. The number of aliphatic hydroxyl groups is 1. The van der Waals surface area contributed by atoms with Gasteiger partial charge >= 0.3 is 0 Å². The monoisotopic (exact) mass is 256 g/mol. The molecule has 0 spiro atoms. The van der Waals surface area contributed by atoms with Gasteiger partial charge in [-0.2, -0.15) is 0 Å². The second kappa shape index (κ2) is 8.68. The lowest BCUT2D eigenvalue weighted by molar-refractivity contribution is -0.197. The molecule has 0 aromatic rings. The fraction of sp³-hybridized carbons (Fsp3) is 0.867. The van der Waals surface area contributed by atoms with Crippen molar-refractivity contribution >= 4 is 0 Å². The summed E-state index contributed by atoms with van der Waals surface area (Å²) >= 11 is 0. The highest BCUT2D eigenvalue weighted by Gasteiger charge is 2.23. The van der Waals surface area contributed by atoms with Crippen molar-refractivity contribution in [3.8, 4) is 0 Å². The first-order valence-corrected chi connectivity index (χ1v) is 7.14. The van der Waals surface area contributed by atoms with Crippen LogP contribution in [0.5, 0.6) is 0 Å². The summed E-state index contributed by atoms with van der Waals surface area (Å²) in [5.74, 6) is 0.358. The Balaban J connectivity index is 2.49. The molecule has 106 valence electrons. The zero-order valence-corrected chi connectivity index (χ0v) is 12.0. The predicted octanol–water partition coefficient (Wildman–Crippen LogP) is 3.27. The third-order valence-corrected chi connectivity index (χ3v) is 3.44. The van der Waals surface area contributed by atoms with Crippen molar-refractivity contribution < 1.29 is 14.6 Å². The van der Waals surface area contributed by atoms with Crippen molar-refractivity contribution in [2.45, 2.75) is 65.3 Å². The zero-order valence-electron chi connectivity index (χ0n) is 12.0. The van der Waals surface area contributed by atoms with Crippen molar-refractivity contribution in [2.75, 3.05) is 13.2 Å². The van der Waals surface area contributed by atoms with Crippen LogP contribution in [-0.2, 0) is 9.47 Å². The van der Waals surface area contributed by atoms with Gasteiger partial charge in [-0.1, -0.05) is 18.6 Å². The van der Waals surface area contributed by atoms with Crippen molar-refractivity contribution in [1.29, 1.82) is 0 Å². The van der Waals surface area contributed by atoms with Gasteiger partial charge in [-0.15, -0.1) is 0 Å². The van der Waals surface area contributed by atoms with Crippen LogP contribution in [0.25, 0.3) is 0 Å². The fourth-order valence-corrected chi connectivity index (χ4v) is 2.18. The zero-order chi connectivity index (χ0) is 13.4. The van der Waals surface area contributed by atoms with Crippen molar-refractivity contribution in [3.05, 3.63) is 11.6 Å². The van der Waals surface area contributed by atoms with Crippen LogP contribution in [0.1, 0.15) is 52.9 Å². The van der Waals surface area contributed by atoms with Crippen molar-refractivity contribution in [2.24, 2.45) is 5.92 Å². The summed E-state index contributed by atoms with van der Waals surface area (Å²) in [6.07, 6.45) is 7.33. The van der Waals surface area contributed by atoms with E-state index in [2.05, 4.69) is 26.8 Å². The molecule has 0 aromatic carbocycles. The maximum atomic E-state index is 9.07. The van der Waals surface area contributed by atoms with Gasteiger partial charge in [0.2, 0.25) is 0 Å². The summed E-state index contributed by atoms with van der Waals surface area (Å²) in [6, 6.07) is 0. The van der Waals surface area contributed by atoms with Crippen LogP contribution in [0, 0.1) is 5.92 Å². The number of hydrogen-bond acceptors (Lipinski definition) is 3. The van der Waals surface area contributed by atoms with Crippen LogP contribution in [0.15, 0.2) is 11.6 Å². The normalized spacial score (nSPS) is 23.4. The third kappa shape index (κ3) is 5.98. The first-order chi connectivity index (χ1) is 8.63. The standard InChI is InChI=1S/C15H28O3/c1-12(2)7-8-14(13(3)9-10-16)18-15-6-4-5-11-17-15/h7,13-16H,4-6,8-11H2,1-3H3. The molecule has 0 amide bonds. The lowest BCUT2D eigenvalue weighted by Crippen LogP contribution is -2.31. The second-order valence-corrected chi connectivity index (χ2v) is 5.48. The average Bonchev–Trinajstić information content (AvgIpc) is 2.35. The Hall–Kier alpha value is -0.380. The quantitative estimate of drug-likeness (QED) is 0.710. The smallest absolute Gasteiger partial charge is 0.157 e. The van der Waals surface area contributed by atoms with Gasteiger partial charge < -0.3 is 14.6 Å². The minimum atomic E-state index is -0.0459. The molecule has 0 saturated carbocycles. The van der Waals surface area contributed by atoms with Crippen molar-refractivity contribution in [1.82, 2.24) is 0 Å². The molecule has 0 aromatic heterocycles. The van der Waals surface area contributed by atoms with Crippen LogP contribution < -0.4 is 0 Å². The summed E-state index contributed by atoms with van der Waals surface area (Å²) in [5.41, 5.74) is 1.31. The first kappa shape index (κ1) is 15.7. The molecule has 1 aliphatic rings. The Morgan fingerprint density at radius 3 is 2.78 bits per heavy atom. The molecule has 1 aliphatic heterocycles. The van der Waals surface area contributed by atoms with Gasteiger partial charge in [-0.25, -0.2) is 0 Å². The molecule has 3 nitrogen and oxygen atoms in total. The van der Waals surface area contributed by atoms with E-state index in [0.717, 1.165) is 32.3 Å². The summed E-state index contributed by atoms with van der Waals surface area (Å²) in [6.45, 7) is 7.38. The van der Waals surface area contributed by atoms with E-state index in [1.54, 1.807) is 0 Å². The van der Waals surface area contributed by atoms with Crippen LogP contribution in [0.2, 0.25) is 0 Å². The first-order valence-electron chi connectivity index (χ1n) is 7.14. The van der Waals surface area contributed by atoms with Gasteiger partial charge in [-0.05, 0) is 51.9 Å². The maximum Gasteiger partial charge on any atom is 0.157 e. The average molecular weight is 256 g/mol. The summed E-state index contributed by atoms with van der Waals surface area (Å²) in [7, 11) is 0. The largest absolute Gasteiger partial charge is 0.396 e. The number of allylic oxidation sites excluding steroid dienone is 1. The molecule has 1 fully saturated rings. The Bertz CT molecular complexity index is 240. The summed E-state index contributed by atoms with van der Waals surface area (Å²) in [5, 5.41) is 9.07. The number of hydrogen-bond donors (Lipinski definition) is 1. The van der Waals surface area contributed by atoms with Gasteiger partial charge in [0.25, 0.3) is 0 Å². The van der Waals surface area contributed by atoms with Gasteiger partial charge in [-0.3, -0.25) is 0 Å². The lowest BCUT2D eigenvalue weighted by atomic mass is 9.97. The van der Waals surface area contributed by atoms with Crippen LogP contribution in [0.4, 0.5) is 0 Å². The Kier molecular flexibility index (Phi) is 7.56. The molecular formula is C15H28O3. The van der Waals surface area contributed by atoms with Crippen LogP contribution in [0.3, 0.4) is 0 Å². The van der Waals surface area contributed by atoms with Crippen LogP contribution >= 0.6 is 0 Å². The number of aliphatic hydroxyl groups excluding tert-OH is 1. The Morgan fingerprint density at radius 1 is 1.44 bits per heavy atom. The highest BCUT2D eigenvalue weighted by molar-refractivity contribution is 4.95. The molecule has 1 rings (SSSR count).